The molecule has 1 aliphatic heterocycles. The van der Waals surface area contributed by atoms with E-state index in [0.29, 0.717) is 38.7 Å². The molecule has 1 saturated heterocycles. The number of morpholine rings is 1. The lowest BCUT2D eigenvalue weighted by Gasteiger charge is -2.26. The van der Waals surface area contributed by atoms with Crippen molar-refractivity contribution in [2.45, 2.75) is 11.4 Å². The van der Waals surface area contributed by atoms with Crippen LogP contribution >= 0.6 is 11.3 Å². The molecule has 0 aliphatic carbocycles. The Morgan fingerprint density at radius 2 is 2.00 bits per heavy atom. The van der Waals surface area contributed by atoms with Crippen molar-refractivity contribution in [1.29, 1.82) is 0 Å². The number of hydrogen-bond donors (Lipinski definition) is 0. The molecule has 26 heavy (non-hydrogen) atoms. The van der Waals surface area contributed by atoms with Gasteiger partial charge in [-0.2, -0.15) is 9.10 Å². The van der Waals surface area contributed by atoms with Gasteiger partial charge in [0, 0.05) is 13.1 Å². The van der Waals surface area contributed by atoms with E-state index < -0.39 is 10.0 Å². The minimum atomic E-state index is -3.52. The highest BCUT2D eigenvalue weighted by Crippen LogP contribution is 2.21. The van der Waals surface area contributed by atoms with E-state index in [2.05, 4.69) is 15.4 Å². The van der Waals surface area contributed by atoms with Gasteiger partial charge >= 0.3 is 0 Å². The lowest BCUT2D eigenvalue weighted by Crippen LogP contribution is -2.40. The van der Waals surface area contributed by atoms with E-state index in [-0.39, 0.29) is 4.90 Å². The van der Waals surface area contributed by atoms with Gasteiger partial charge in [0.05, 0.1) is 29.5 Å². The maximum absolute atomic E-state index is 12.8. The molecule has 3 aromatic rings. The molecule has 8 nitrogen and oxygen atoms in total. The molecule has 0 amide bonds. The van der Waals surface area contributed by atoms with Gasteiger partial charge in [0.2, 0.25) is 15.8 Å². The molecular weight excluding hydrogens is 374 g/mol. The first-order valence-corrected chi connectivity index (χ1v) is 10.4. The van der Waals surface area contributed by atoms with Crippen LogP contribution in [-0.2, 0) is 21.3 Å². The Morgan fingerprint density at radius 3 is 2.77 bits per heavy atom. The molecule has 1 aromatic carbocycles. The van der Waals surface area contributed by atoms with Crippen molar-refractivity contribution in [3.05, 3.63) is 47.3 Å². The van der Waals surface area contributed by atoms with E-state index in [1.807, 2.05) is 23.6 Å². The van der Waals surface area contributed by atoms with Crippen LogP contribution in [0.1, 0.15) is 5.56 Å². The first kappa shape index (κ1) is 17.3. The molecule has 10 heteroatoms. The number of hydrogen-bond acceptors (Lipinski definition) is 7. The molecule has 3 heterocycles. The number of ether oxygens (including phenoxy) is 1. The van der Waals surface area contributed by atoms with Gasteiger partial charge in [-0.15, -0.1) is 21.5 Å². The third-order valence-corrected chi connectivity index (χ3v) is 6.79. The summed E-state index contributed by atoms with van der Waals surface area (Å²) < 4.78 is 32.2. The summed E-state index contributed by atoms with van der Waals surface area (Å²) in [5.41, 5.74) is 0.800. The monoisotopic (exact) mass is 391 g/mol. The summed E-state index contributed by atoms with van der Waals surface area (Å²) in [5.74, 6) is 0.567. The molecule has 0 spiro atoms. The molecule has 0 radical (unpaired) electrons. The fourth-order valence-electron chi connectivity index (χ4n) is 2.72. The molecule has 0 atom stereocenters. The summed E-state index contributed by atoms with van der Waals surface area (Å²) in [4.78, 5) is 2.69. The number of thiophene rings is 1. The largest absolute Gasteiger partial charge is 0.379 e. The maximum Gasteiger partial charge on any atom is 0.243 e. The van der Waals surface area contributed by atoms with Crippen molar-refractivity contribution in [2.24, 2.45) is 0 Å². The summed E-state index contributed by atoms with van der Waals surface area (Å²) in [6, 6.07) is 10.7. The predicted molar refractivity (Wildman–Crippen MR) is 96.3 cm³/mol. The number of sulfonamides is 1. The lowest BCUT2D eigenvalue weighted by molar-refractivity contribution is 0.0730. The first-order chi connectivity index (χ1) is 12.6. The SMILES string of the molecule is O=S(=O)(c1cccc(Cn2nnc(-c3cccs3)n2)c1)N1CCOCC1. The maximum atomic E-state index is 12.8. The highest BCUT2D eigenvalue weighted by Gasteiger charge is 2.26. The Balaban J connectivity index is 1.54. The summed E-state index contributed by atoms with van der Waals surface area (Å²) in [5, 5.41) is 14.4. The molecule has 0 bridgehead atoms. The summed E-state index contributed by atoms with van der Waals surface area (Å²) in [6.45, 7) is 1.95. The Bertz CT molecular complexity index is 979. The minimum absolute atomic E-state index is 0.274. The number of benzene rings is 1. The van der Waals surface area contributed by atoms with Crippen LogP contribution in [0.25, 0.3) is 10.7 Å². The van der Waals surface area contributed by atoms with Gasteiger partial charge in [0.25, 0.3) is 0 Å². The molecular formula is C16H17N5O3S2. The van der Waals surface area contributed by atoms with Crippen LogP contribution in [0.4, 0.5) is 0 Å². The van der Waals surface area contributed by atoms with E-state index in [0.717, 1.165) is 10.4 Å². The molecule has 136 valence electrons. The molecule has 1 aliphatic rings. The van der Waals surface area contributed by atoms with Crippen molar-refractivity contribution in [2.75, 3.05) is 26.3 Å². The predicted octanol–water partition coefficient (Wildman–Crippen LogP) is 1.47. The molecule has 0 saturated carbocycles. The fraction of sp³-hybridized carbons (Fsp3) is 0.312. The summed E-state index contributed by atoms with van der Waals surface area (Å²) >= 11 is 1.54. The van der Waals surface area contributed by atoms with Gasteiger partial charge in [-0.1, -0.05) is 18.2 Å². The third-order valence-electron chi connectivity index (χ3n) is 4.02. The van der Waals surface area contributed by atoms with Crippen LogP contribution in [0.5, 0.6) is 0 Å². The molecule has 1 fully saturated rings. The van der Waals surface area contributed by atoms with E-state index in [9.17, 15) is 8.42 Å². The van der Waals surface area contributed by atoms with Crippen molar-refractivity contribution in [3.8, 4) is 10.7 Å². The summed E-state index contributed by atoms with van der Waals surface area (Å²) in [6.07, 6.45) is 0. The van der Waals surface area contributed by atoms with E-state index in [4.69, 9.17) is 4.74 Å². The quantitative estimate of drug-likeness (QED) is 0.654. The van der Waals surface area contributed by atoms with Gasteiger partial charge in [-0.05, 0) is 34.4 Å². The second-order valence-corrected chi connectivity index (χ2v) is 8.67. The summed E-state index contributed by atoms with van der Waals surface area (Å²) in [7, 11) is -3.52. The van der Waals surface area contributed by atoms with E-state index in [1.54, 1.807) is 29.5 Å². The Hall–Kier alpha value is -2.14. The second kappa shape index (κ2) is 7.23. The molecule has 4 rings (SSSR count). The van der Waals surface area contributed by atoms with Crippen molar-refractivity contribution in [3.63, 3.8) is 0 Å². The fourth-order valence-corrected chi connectivity index (χ4v) is 4.84. The van der Waals surface area contributed by atoms with Crippen LogP contribution in [0.3, 0.4) is 0 Å². The minimum Gasteiger partial charge on any atom is -0.379 e. The first-order valence-electron chi connectivity index (χ1n) is 8.11. The zero-order valence-electron chi connectivity index (χ0n) is 13.9. The van der Waals surface area contributed by atoms with Gasteiger partial charge in [0.15, 0.2) is 0 Å². The normalized spacial score (nSPS) is 16.0. The van der Waals surface area contributed by atoms with E-state index >= 15 is 0 Å². The van der Waals surface area contributed by atoms with Crippen molar-refractivity contribution in [1.82, 2.24) is 24.5 Å². The standard InChI is InChI=1S/C16H17N5O3S2/c22-26(23,20-6-8-24-9-7-20)14-4-1-3-13(11-14)12-21-18-16(17-19-21)15-5-2-10-25-15/h1-5,10-11H,6-9,12H2. The zero-order chi connectivity index (χ0) is 18.0. The van der Waals surface area contributed by atoms with Gasteiger partial charge in [-0.3, -0.25) is 0 Å². The van der Waals surface area contributed by atoms with Crippen molar-refractivity contribution < 1.29 is 13.2 Å². The Kier molecular flexibility index (Phi) is 4.81. The van der Waals surface area contributed by atoms with Gasteiger partial charge in [-0.25, -0.2) is 8.42 Å². The average Bonchev–Trinajstić information content (AvgIpc) is 3.34. The average molecular weight is 391 g/mol. The highest BCUT2D eigenvalue weighted by molar-refractivity contribution is 7.89. The Labute approximate surface area is 155 Å². The van der Waals surface area contributed by atoms with E-state index in [1.165, 1.54) is 9.10 Å². The lowest BCUT2D eigenvalue weighted by atomic mass is 10.2. The number of tetrazole rings is 1. The second-order valence-electron chi connectivity index (χ2n) is 5.78. The molecule has 0 N–H and O–H groups in total. The Morgan fingerprint density at radius 1 is 1.15 bits per heavy atom. The van der Waals surface area contributed by atoms with Crippen LogP contribution in [-0.4, -0.2) is 59.2 Å². The smallest absolute Gasteiger partial charge is 0.243 e. The van der Waals surface area contributed by atoms with Crippen LogP contribution in [0, 0.1) is 0 Å². The molecule has 2 aromatic heterocycles. The van der Waals surface area contributed by atoms with Gasteiger partial charge in [0.1, 0.15) is 0 Å². The third kappa shape index (κ3) is 3.54. The topological polar surface area (TPSA) is 90.2 Å². The highest BCUT2D eigenvalue weighted by atomic mass is 32.2. The van der Waals surface area contributed by atoms with Gasteiger partial charge < -0.3 is 4.74 Å². The van der Waals surface area contributed by atoms with Crippen LogP contribution in [0.2, 0.25) is 0 Å². The van der Waals surface area contributed by atoms with Crippen LogP contribution in [0.15, 0.2) is 46.7 Å². The number of aromatic nitrogens is 4. The van der Waals surface area contributed by atoms with Crippen molar-refractivity contribution >= 4 is 21.4 Å². The van der Waals surface area contributed by atoms with Crippen LogP contribution < -0.4 is 0 Å². The zero-order valence-corrected chi connectivity index (χ0v) is 15.5. The number of rotatable bonds is 5. The number of nitrogens with zero attached hydrogens (tertiary/aromatic N) is 5. The molecule has 0 unspecified atom stereocenters.